The van der Waals surface area contributed by atoms with Crippen molar-refractivity contribution in [2.24, 2.45) is 0 Å². The third-order valence-electron chi connectivity index (χ3n) is 3.55. The Bertz CT molecular complexity index is 300. The zero-order valence-corrected chi connectivity index (χ0v) is 12.1. The highest BCUT2D eigenvalue weighted by Gasteiger charge is 2.91. The highest BCUT2D eigenvalue weighted by molar-refractivity contribution is 6.96. The summed E-state index contributed by atoms with van der Waals surface area (Å²) in [5.74, 6) is 0. The van der Waals surface area contributed by atoms with Crippen molar-refractivity contribution in [3.63, 3.8) is 0 Å². The van der Waals surface area contributed by atoms with Crippen LogP contribution in [-0.4, -0.2) is 42.6 Å². The predicted octanol–water partition coefficient (Wildman–Crippen LogP) is 0.561. The summed E-state index contributed by atoms with van der Waals surface area (Å²) in [6.07, 6.45) is 0. The van der Waals surface area contributed by atoms with E-state index in [-0.39, 0.29) is 0 Å². The lowest BCUT2D eigenvalue weighted by atomic mass is 11.3. The molecule has 2 bridgehead atoms. The van der Waals surface area contributed by atoms with E-state index in [1.165, 1.54) is 0 Å². The second-order valence-corrected chi connectivity index (χ2v) is 15.9. The van der Waals surface area contributed by atoms with E-state index in [2.05, 4.69) is 37.5 Å². The number of hydrogen-bond donors (Lipinski definition) is 0. The maximum Gasteiger partial charge on any atom is 0.681 e. The third kappa shape index (κ3) is 0.790. The van der Waals surface area contributed by atoms with Gasteiger partial charge < -0.3 is 21.6 Å². The molecule has 0 N–H and O–H groups in total. The van der Waals surface area contributed by atoms with Crippen molar-refractivity contribution in [1.29, 1.82) is 0 Å². The second kappa shape index (κ2) is 2.11. The molecule has 80 valence electrons. The van der Waals surface area contributed by atoms with Crippen molar-refractivity contribution in [3.05, 3.63) is 0 Å². The van der Waals surface area contributed by atoms with Crippen LogP contribution >= 0.6 is 0 Å². The van der Waals surface area contributed by atoms with E-state index in [4.69, 9.17) is 17.4 Å². The molecular formula is C6H15NO4Si3. The van der Waals surface area contributed by atoms with Gasteiger partial charge in [-0.25, -0.2) is 0 Å². The molecule has 6 rings (SSSR count). The smallest absolute Gasteiger partial charge is 0.380 e. The van der Waals surface area contributed by atoms with Crippen LogP contribution in [0, 0.1) is 0 Å². The zero-order valence-electron chi connectivity index (χ0n) is 9.08. The average Bonchev–Trinajstić information content (AvgIpc) is 1.99. The summed E-state index contributed by atoms with van der Waals surface area (Å²) < 4.78 is 25.4. The summed E-state index contributed by atoms with van der Waals surface area (Å²) in [6.45, 7) is 8.75. The molecule has 6 saturated heterocycles. The molecule has 0 atom stereocenters. The fraction of sp³-hybridized carbons (Fsp3) is 1.00. The van der Waals surface area contributed by atoms with Crippen molar-refractivity contribution in [2.45, 2.75) is 31.8 Å². The van der Waals surface area contributed by atoms with Crippen LogP contribution in [-0.2, 0) is 17.4 Å². The molecule has 0 saturated carbocycles. The molecule has 0 aromatic heterocycles. The van der Waals surface area contributed by atoms with Gasteiger partial charge >= 0.3 is 9.05 Å². The van der Waals surface area contributed by atoms with Gasteiger partial charge in [0.05, 0.1) is 0 Å². The SMILES string of the molecule is CN1[Si](C)(C)O[Si]23OC(O2)(O3)[Si]1(C)C. The van der Waals surface area contributed by atoms with Crippen LogP contribution in [0.1, 0.15) is 0 Å². The number of hydrogen-bond acceptors (Lipinski definition) is 5. The van der Waals surface area contributed by atoms with E-state index >= 15 is 0 Å². The first-order valence-corrected chi connectivity index (χ1v) is 12.2. The number of nitrogens with zero attached hydrogens (tertiary/aromatic N) is 1. The Morgan fingerprint density at radius 2 is 1.50 bits per heavy atom. The monoisotopic (exact) mass is 249 g/mol. The predicted molar refractivity (Wildman–Crippen MR) is 55.6 cm³/mol. The summed E-state index contributed by atoms with van der Waals surface area (Å²) in [6, 6.07) is 0. The maximum atomic E-state index is 5.93. The van der Waals surface area contributed by atoms with Gasteiger partial charge in [-0.1, -0.05) is 0 Å². The van der Waals surface area contributed by atoms with Gasteiger partial charge in [-0.3, -0.25) is 0 Å². The van der Waals surface area contributed by atoms with Gasteiger partial charge in [-0.05, 0) is 33.2 Å². The van der Waals surface area contributed by atoms with Gasteiger partial charge in [-0.15, -0.1) is 0 Å². The minimum absolute atomic E-state index is 0.700. The van der Waals surface area contributed by atoms with E-state index in [1.54, 1.807) is 0 Å². The van der Waals surface area contributed by atoms with Crippen LogP contribution in [0.4, 0.5) is 0 Å². The van der Waals surface area contributed by atoms with Crippen molar-refractivity contribution in [3.8, 4) is 0 Å². The molecular weight excluding hydrogens is 234 g/mol. The van der Waals surface area contributed by atoms with E-state index in [1.807, 2.05) is 0 Å². The van der Waals surface area contributed by atoms with E-state index in [0.717, 1.165) is 0 Å². The van der Waals surface area contributed by atoms with E-state index in [9.17, 15) is 0 Å². The minimum Gasteiger partial charge on any atom is -0.380 e. The van der Waals surface area contributed by atoms with Crippen LogP contribution in [0.5, 0.6) is 0 Å². The Balaban J connectivity index is 2.07. The quantitative estimate of drug-likeness (QED) is 0.587. The Kier molecular flexibility index (Phi) is 1.45. The van der Waals surface area contributed by atoms with Gasteiger partial charge in [-0.2, -0.15) is 0 Å². The van der Waals surface area contributed by atoms with Crippen molar-refractivity contribution >= 4 is 25.8 Å². The Labute approximate surface area is 86.7 Å². The van der Waals surface area contributed by atoms with Crippen LogP contribution in [0.2, 0.25) is 26.2 Å². The Morgan fingerprint density at radius 3 is 2.00 bits per heavy atom. The van der Waals surface area contributed by atoms with E-state index in [0.29, 0.717) is 0 Å². The molecule has 14 heavy (non-hydrogen) atoms. The summed E-state index contributed by atoms with van der Waals surface area (Å²) >= 11 is 0. The minimum atomic E-state index is -2.57. The largest absolute Gasteiger partial charge is 0.681 e. The first-order chi connectivity index (χ1) is 6.23. The summed E-state index contributed by atoms with van der Waals surface area (Å²) in [5, 5.41) is 0. The standard InChI is InChI=1S/C6H15NO4Si3/c1-7-12(2,3)6-8-14(9-6,10-6)11-13(7,4)5/h1-5H3. The Morgan fingerprint density at radius 1 is 1.00 bits per heavy atom. The molecule has 6 aliphatic heterocycles. The van der Waals surface area contributed by atoms with Gasteiger partial charge in [0.25, 0.3) is 14.1 Å². The highest BCUT2D eigenvalue weighted by atomic mass is 28.5. The summed E-state index contributed by atoms with van der Waals surface area (Å²) in [5.41, 5.74) is -0.700. The fourth-order valence-electron chi connectivity index (χ4n) is 2.21. The Hall–Kier alpha value is 0.451. The van der Waals surface area contributed by atoms with Crippen LogP contribution in [0.15, 0.2) is 0 Å². The topological polar surface area (TPSA) is 40.2 Å². The molecule has 6 fully saturated rings. The molecule has 8 heteroatoms. The summed E-state index contributed by atoms with van der Waals surface area (Å²) in [7, 11) is -4.16. The fourth-order valence-corrected chi connectivity index (χ4v) is 17.5. The molecule has 6 aliphatic rings. The van der Waals surface area contributed by atoms with Crippen LogP contribution < -0.4 is 0 Å². The van der Waals surface area contributed by atoms with Gasteiger partial charge in [0.2, 0.25) is 8.24 Å². The lowest BCUT2D eigenvalue weighted by molar-refractivity contribution is -0.458. The van der Waals surface area contributed by atoms with Crippen LogP contribution in [0.25, 0.3) is 0 Å². The number of rotatable bonds is 0. The molecule has 0 amide bonds. The second-order valence-electron chi connectivity index (χ2n) is 5.03. The highest BCUT2D eigenvalue weighted by Crippen LogP contribution is 2.60. The maximum absolute atomic E-state index is 5.93. The summed E-state index contributed by atoms with van der Waals surface area (Å²) in [4.78, 5) is 0. The zero-order chi connectivity index (χ0) is 10.4. The molecule has 0 aromatic rings. The lowest BCUT2D eigenvalue weighted by Gasteiger charge is -2.65. The van der Waals surface area contributed by atoms with Crippen LogP contribution in [0.3, 0.4) is 0 Å². The molecule has 0 aromatic carbocycles. The average molecular weight is 249 g/mol. The van der Waals surface area contributed by atoms with E-state index < -0.39 is 31.4 Å². The lowest BCUT2D eigenvalue weighted by Crippen LogP contribution is -2.92. The van der Waals surface area contributed by atoms with Gasteiger partial charge in [0, 0.05) is 0 Å². The molecule has 0 spiro atoms. The van der Waals surface area contributed by atoms with Crippen molar-refractivity contribution in [2.75, 3.05) is 7.05 Å². The first-order valence-electron chi connectivity index (χ1n) is 4.78. The molecule has 0 aliphatic carbocycles. The van der Waals surface area contributed by atoms with Crippen molar-refractivity contribution in [1.82, 2.24) is 4.23 Å². The van der Waals surface area contributed by atoms with Gasteiger partial charge in [0.15, 0.2) is 0 Å². The molecule has 6 heterocycles. The third-order valence-corrected chi connectivity index (χ3v) is 17.1. The first kappa shape index (κ1) is 9.66. The molecule has 0 radical (unpaired) electrons. The van der Waals surface area contributed by atoms with Crippen molar-refractivity contribution < 1.29 is 17.4 Å². The molecule has 0 unspecified atom stereocenters. The molecule has 5 nitrogen and oxygen atoms in total. The normalized spacial score (nSPS) is 52.9. The van der Waals surface area contributed by atoms with Gasteiger partial charge in [0.1, 0.15) is 0 Å².